The number of esters is 1. The van der Waals surface area contributed by atoms with Crippen molar-refractivity contribution in [2.45, 2.75) is 13.0 Å². The monoisotopic (exact) mass is 424 g/mol. The Bertz CT molecular complexity index is 1130. The number of hydrogen-bond donors (Lipinski definition) is 0. The molecule has 1 fully saturated rings. The summed E-state index contributed by atoms with van der Waals surface area (Å²) in [5.41, 5.74) is 1.62. The van der Waals surface area contributed by atoms with Crippen molar-refractivity contribution in [3.05, 3.63) is 84.2 Å². The number of ether oxygens (including phenoxy) is 2. The van der Waals surface area contributed by atoms with Crippen molar-refractivity contribution in [1.29, 1.82) is 0 Å². The van der Waals surface area contributed by atoms with Crippen molar-refractivity contribution in [1.82, 2.24) is 4.98 Å². The Balaban J connectivity index is 1.42. The summed E-state index contributed by atoms with van der Waals surface area (Å²) in [6.07, 6.45) is 3.86. The molecule has 0 bridgehead atoms. The van der Waals surface area contributed by atoms with E-state index in [0.717, 1.165) is 5.56 Å². The average Bonchev–Trinajstić information content (AvgIpc) is 3.12. The number of hydrogen-bond acceptors (Lipinski definition) is 6. The van der Waals surface area contributed by atoms with Crippen LogP contribution in [0.1, 0.15) is 22.3 Å². The summed E-state index contributed by atoms with van der Waals surface area (Å²) >= 11 is 0. The molecule has 0 radical (unpaired) electrons. The second-order valence-electron chi connectivity index (χ2n) is 6.76. The largest absolute Gasteiger partial charge is 0.457 e. The minimum atomic E-state index is -3.25. The molecule has 1 aromatic heterocycles. The van der Waals surface area contributed by atoms with Crippen molar-refractivity contribution in [2.24, 2.45) is 0 Å². The number of sulfonamides is 1. The third-order valence-corrected chi connectivity index (χ3v) is 6.55. The summed E-state index contributed by atoms with van der Waals surface area (Å²) in [7, 11) is -3.25. The maximum Gasteiger partial charge on any atom is 0.338 e. The molecule has 0 N–H and O–H groups in total. The minimum absolute atomic E-state index is 0.0392. The van der Waals surface area contributed by atoms with Gasteiger partial charge in [0.25, 0.3) is 0 Å². The SMILES string of the molecule is O=C(OCc1ccccc1Oc1cccnc1)c1ccc(N2CCCS2(=O)=O)cc1. The molecule has 3 aromatic rings. The Kier molecular flexibility index (Phi) is 5.67. The van der Waals surface area contributed by atoms with Gasteiger partial charge in [-0.2, -0.15) is 0 Å². The number of carbonyl (C=O) groups excluding carboxylic acids is 1. The van der Waals surface area contributed by atoms with Gasteiger partial charge in [-0.15, -0.1) is 0 Å². The first-order valence-electron chi connectivity index (χ1n) is 9.46. The van der Waals surface area contributed by atoms with E-state index >= 15 is 0 Å². The van der Waals surface area contributed by atoms with Crippen LogP contribution in [0.25, 0.3) is 0 Å². The Labute approximate surface area is 174 Å². The number of rotatable bonds is 6. The van der Waals surface area contributed by atoms with Crippen LogP contribution in [0.15, 0.2) is 73.1 Å². The highest BCUT2D eigenvalue weighted by Crippen LogP contribution is 2.26. The predicted molar refractivity (Wildman–Crippen MR) is 112 cm³/mol. The lowest BCUT2D eigenvalue weighted by Crippen LogP contribution is -2.25. The summed E-state index contributed by atoms with van der Waals surface area (Å²) in [6, 6.07) is 17.2. The van der Waals surface area contributed by atoms with E-state index in [-0.39, 0.29) is 12.4 Å². The second-order valence-corrected chi connectivity index (χ2v) is 8.78. The highest BCUT2D eigenvalue weighted by atomic mass is 32.2. The smallest absolute Gasteiger partial charge is 0.338 e. The fourth-order valence-corrected chi connectivity index (χ4v) is 4.74. The van der Waals surface area contributed by atoms with Gasteiger partial charge in [-0.3, -0.25) is 9.29 Å². The van der Waals surface area contributed by atoms with Gasteiger partial charge < -0.3 is 9.47 Å². The number of carbonyl (C=O) groups is 1. The van der Waals surface area contributed by atoms with Crippen LogP contribution < -0.4 is 9.04 Å². The van der Waals surface area contributed by atoms with Gasteiger partial charge >= 0.3 is 5.97 Å². The molecular formula is C22H20N2O5S. The molecule has 0 spiro atoms. The molecule has 1 aliphatic heterocycles. The van der Waals surface area contributed by atoms with Crippen LogP contribution in [0.5, 0.6) is 11.5 Å². The molecule has 2 aromatic carbocycles. The molecule has 154 valence electrons. The Morgan fingerprint density at radius 1 is 1.03 bits per heavy atom. The third-order valence-electron chi connectivity index (χ3n) is 4.68. The number of para-hydroxylation sites is 1. The lowest BCUT2D eigenvalue weighted by Gasteiger charge is -2.17. The van der Waals surface area contributed by atoms with Crippen molar-refractivity contribution >= 4 is 21.7 Å². The zero-order valence-corrected chi connectivity index (χ0v) is 16.9. The molecule has 7 nitrogen and oxygen atoms in total. The van der Waals surface area contributed by atoms with Crippen LogP contribution in [0.4, 0.5) is 5.69 Å². The van der Waals surface area contributed by atoms with Crippen LogP contribution in [0.3, 0.4) is 0 Å². The van der Waals surface area contributed by atoms with Crippen molar-refractivity contribution < 1.29 is 22.7 Å². The molecule has 1 aliphatic rings. The van der Waals surface area contributed by atoms with Gasteiger partial charge in [0.2, 0.25) is 10.0 Å². The van der Waals surface area contributed by atoms with Crippen LogP contribution >= 0.6 is 0 Å². The predicted octanol–water partition coefficient (Wildman–Crippen LogP) is 3.77. The Hall–Kier alpha value is -3.39. The zero-order chi connectivity index (χ0) is 21.0. The van der Waals surface area contributed by atoms with Crippen molar-refractivity contribution in [3.63, 3.8) is 0 Å². The quantitative estimate of drug-likeness (QED) is 0.560. The summed E-state index contributed by atoms with van der Waals surface area (Å²) in [4.78, 5) is 16.5. The second kappa shape index (κ2) is 8.54. The van der Waals surface area contributed by atoms with Crippen LogP contribution in [-0.2, 0) is 21.4 Å². The number of benzene rings is 2. The van der Waals surface area contributed by atoms with E-state index in [2.05, 4.69) is 4.98 Å². The molecule has 0 aliphatic carbocycles. The Morgan fingerprint density at radius 2 is 1.83 bits per heavy atom. The summed E-state index contributed by atoms with van der Waals surface area (Å²) in [6.45, 7) is 0.497. The molecular weight excluding hydrogens is 404 g/mol. The average molecular weight is 424 g/mol. The third kappa shape index (κ3) is 4.44. The number of pyridine rings is 1. The highest BCUT2D eigenvalue weighted by molar-refractivity contribution is 7.93. The van der Waals surface area contributed by atoms with Gasteiger partial charge in [-0.1, -0.05) is 18.2 Å². The zero-order valence-electron chi connectivity index (χ0n) is 16.1. The van der Waals surface area contributed by atoms with E-state index in [4.69, 9.17) is 9.47 Å². The maximum absolute atomic E-state index is 12.4. The molecule has 8 heteroatoms. The molecule has 0 amide bonds. The number of nitrogens with zero attached hydrogens (tertiary/aromatic N) is 2. The van der Waals surface area contributed by atoms with Crippen LogP contribution in [0.2, 0.25) is 0 Å². The number of anilines is 1. The summed E-state index contributed by atoms with van der Waals surface area (Å²) in [5.74, 6) is 0.816. The van der Waals surface area contributed by atoms with E-state index in [1.807, 2.05) is 18.2 Å². The normalized spacial score (nSPS) is 15.0. The Morgan fingerprint density at radius 3 is 2.53 bits per heavy atom. The highest BCUT2D eigenvalue weighted by Gasteiger charge is 2.28. The maximum atomic E-state index is 12.4. The van der Waals surface area contributed by atoms with Crippen LogP contribution in [0, 0.1) is 0 Å². The number of aromatic nitrogens is 1. The van der Waals surface area contributed by atoms with Gasteiger partial charge in [0.15, 0.2) is 0 Å². The standard InChI is InChI=1S/C22H20N2O5S/c25-22(17-8-10-19(11-9-17)24-13-4-14-30(24,26)27)28-16-18-5-1-2-7-21(18)29-20-6-3-12-23-15-20/h1-3,5-12,15H,4,13-14,16H2. The molecule has 30 heavy (non-hydrogen) atoms. The fourth-order valence-electron chi connectivity index (χ4n) is 3.18. The van der Waals surface area contributed by atoms with E-state index in [0.29, 0.717) is 35.7 Å². The molecule has 0 saturated carbocycles. The molecule has 1 saturated heterocycles. The van der Waals surface area contributed by atoms with Crippen LogP contribution in [-0.4, -0.2) is 31.7 Å². The minimum Gasteiger partial charge on any atom is -0.457 e. The lowest BCUT2D eigenvalue weighted by atomic mass is 10.2. The summed E-state index contributed by atoms with van der Waals surface area (Å²) in [5, 5.41) is 0. The first kappa shape index (κ1) is 19.9. The molecule has 0 atom stereocenters. The van der Waals surface area contributed by atoms with Gasteiger partial charge in [0, 0.05) is 18.3 Å². The van der Waals surface area contributed by atoms with Crippen molar-refractivity contribution in [2.75, 3.05) is 16.6 Å². The van der Waals surface area contributed by atoms with Gasteiger partial charge in [0.1, 0.15) is 18.1 Å². The summed E-state index contributed by atoms with van der Waals surface area (Å²) < 4.78 is 36.7. The van der Waals surface area contributed by atoms with E-state index < -0.39 is 16.0 Å². The van der Waals surface area contributed by atoms with Crippen molar-refractivity contribution in [3.8, 4) is 11.5 Å². The fraction of sp³-hybridized carbons (Fsp3) is 0.182. The van der Waals surface area contributed by atoms with E-state index in [9.17, 15) is 13.2 Å². The first-order valence-corrected chi connectivity index (χ1v) is 11.1. The van der Waals surface area contributed by atoms with E-state index in [1.165, 1.54) is 4.31 Å². The van der Waals surface area contributed by atoms with Gasteiger partial charge in [0.05, 0.1) is 23.2 Å². The molecule has 2 heterocycles. The van der Waals surface area contributed by atoms with Gasteiger partial charge in [-0.05, 0) is 48.9 Å². The molecule has 4 rings (SSSR count). The van der Waals surface area contributed by atoms with Gasteiger partial charge in [-0.25, -0.2) is 13.2 Å². The first-order chi connectivity index (χ1) is 14.5. The van der Waals surface area contributed by atoms with E-state index in [1.54, 1.807) is 54.9 Å². The lowest BCUT2D eigenvalue weighted by molar-refractivity contribution is 0.0471. The topological polar surface area (TPSA) is 85.8 Å². The molecule has 0 unspecified atom stereocenters.